The Morgan fingerprint density at radius 1 is 1.00 bits per heavy atom. The molecule has 0 aromatic carbocycles. The zero-order valence-corrected chi connectivity index (χ0v) is 17.4. The molecule has 0 bridgehead atoms. The van der Waals surface area contributed by atoms with Crippen molar-refractivity contribution >= 4 is 18.0 Å². The minimum atomic E-state index is -0.978. The van der Waals surface area contributed by atoms with Gasteiger partial charge in [0.2, 0.25) is 0 Å². The van der Waals surface area contributed by atoms with E-state index < -0.39 is 35.3 Å². The number of alkyl carbamates (subject to hydrolysis) is 1. The Balaban J connectivity index is 4.83. The molecule has 7 nitrogen and oxygen atoms in total. The summed E-state index contributed by atoms with van der Waals surface area (Å²) < 4.78 is 15.8. The zero-order chi connectivity index (χ0) is 20.5. The zero-order valence-electron chi connectivity index (χ0n) is 17.4. The third kappa shape index (κ3) is 11.7. The van der Waals surface area contributed by atoms with Crippen molar-refractivity contribution in [3.8, 4) is 0 Å². The molecule has 0 aromatic heterocycles. The van der Waals surface area contributed by atoms with Gasteiger partial charge in [-0.2, -0.15) is 0 Å². The normalized spacial score (nSPS) is 13.1. The highest BCUT2D eigenvalue weighted by Crippen LogP contribution is 2.18. The topological polar surface area (TPSA) is 90.9 Å². The van der Waals surface area contributed by atoms with Crippen LogP contribution in [0.15, 0.2) is 0 Å². The van der Waals surface area contributed by atoms with Crippen molar-refractivity contribution in [1.82, 2.24) is 5.32 Å². The summed E-state index contributed by atoms with van der Waals surface area (Å²) in [7, 11) is 0. The van der Waals surface area contributed by atoms with E-state index in [1.54, 1.807) is 34.6 Å². The third-order valence-corrected chi connectivity index (χ3v) is 3.21. The number of nitrogens with one attached hydrogen (secondary N) is 1. The van der Waals surface area contributed by atoms with Gasteiger partial charge in [-0.05, 0) is 61.3 Å². The second-order valence-corrected chi connectivity index (χ2v) is 8.21. The lowest BCUT2D eigenvalue weighted by Gasteiger charge is -2.26. The molecule has 0 spiro atoms. The van der Waals surface area contributed by atoms with Gasteiger partial charge in [-0.3, -0.25) is 4.79 Å². The molecule has 0 fully saturated rings. The molecule has 0 aliphatic heterocycles. The van der Waals surface area contributed by atoms with Crippen LogP contribution >= 0.6 is 0 Å². The molecule has 0 radical (unpaired) electrons. The summed E-state index contributed by atoms with van der Waals surface area (Å²) in [6.07, 6.45) is 0.633. The van der Waals surface area contributed by atoms with E-state index in [0.29, 0.717) is 0 Å². The molecule has 0 heterocycles. The van der Waals surface area contributed by atoms with Gasteiger partial charge >= 0.3 is 18.0 Å². The summed E-state index contributed by atoms with van der Waals surface area (Å²) in [6, 6.07) is -0.978. The molecule has 0 aliphatic rings. The average Bonchev–Trinajstić information content (AvgIpc) is 2.39. The van der Waals surface area contributed by atoms with E-state index in [4.69, 9.17) is 14.2 Å². The van der Waals surface area contributed by atoms with Gasteiger partial charge in [0.05, 0.1) is 6.10 Å². The van der Waals surface area contributed by atoms with Crippen LogP contribution in [0.25, 0.3) is 0 Å². The van der Waals surface area contributed by atoms with E-state index in [-0.39, 0.29) is 18.9 Å². The summed E-state index contributed by atoms with van der Waals surface area (Å²) >= 11 is 0. The van der Waals surface area contributed by atoms with E-state index in [0.717, 1.165) is 12.8 Å². The number of carbonyl (C=O) groups excluding carboxylic acids is 3. The fourth-order valence-electron chi connectivity index (χ4n) is 2.29. The predicted octanol–water partition coefficient (Wildman–Crippen LogP) is 3.73. The smallest absolute Gasteiger partial charge is 0.408 e. The first-order valence-corrected chi connectivity index (χ1v) is 9.17. The molecule has 1 N–H and O–H groups in total. The van der Waals surface area contributed by atoms with Gasteiger partial charge < -0.3 is 19.5 Å². The lowest BCUT2D eigenvalue weighted by molar-refractivity contribution is -0.157. The fourth-order valence-corrected chi connectivity index (χ4v) is 2.29. The Hall–Kier alpha value is -1.79. The van der Waals surface area contributed by atoms with Crippen LogP contribution in [-0.2, 0) is 23.8 Å². The number of esters is 2. The first-order valence-electron chi connectivity index (χ1n) is 9.17. The molecule has 0 aromatic rings. The molecule has 0 aliphatic carbocycles. The first-order chi connectivity index (χ1) is 11.8. The highest BCUT2D eigenvalue weighted by Gasteiger charge is 2.28. The number of ether oxygens (including phenoxy) is 3. The summed E-state index contributed by atoms with van der Waals surface area (Å²) in [5, 5.41) is 2.48. The average molecular weight is 373 g/mol. The largest absolute Gasteiger partial charge is 0.461 e. The van der Waals surface area contributed by atoms with Crippen molar-refractivity contribution < 1.29 is 28.6 Å². The number of amides is 1. The minimum absolute atomic E-state index is 0.0131. The Labute approximate surface area is 157 Å². The van der Waals surface area contributed by atoms with Crippen molar-refractivity contribution in [2.24, 2.45) is 0 Å². The van der Waals surface area contributed by atoms with Gasteiger partial charge in [0.1, 0.15) is 17.2 Å². The second kappa shape index (κ2) is 10.4. The van der Waals surface area contributed by atoms with Crippen LogP contribution in [0, 0.1) is 0 Å². The molecule has 1 unspecified atom stereocenters. The molecule has 26 heavy (non-hydrogen) atoms. The Morgan fingerprint density at radius 2 is 1.58 bits per heavy atom. The minimum Gasteiger partial charge on any atom is -0.461 e. The number of hydrogen-bond acceptors (Lipinski definition) is 6. The Kier molecular flexibility index (Phi) is 9.67. The standard InChI is InChI=1S/C19H35NO6/c1-9-12-19(7,8)25-15(21)11-10-14(16(22)24-13(2)3)20-17(23)26-18(4,5)6/h13-14H,9-12H2,1-8H3,(H,20,23). The first kappa shape index (κ1) is 24.2. The van der Waals surface area contributed by atoms with Crippen LogP contribution in [0.1, 0.15) is 81.1 Å². The van der Waals surface area contributed by atoms with Gasteiger partial charge in [-0.1, -0.05) is 13.3 Å². The number of carbonyl (C=O) groups is 3. The van der Waals surface area contributed by atoms with Crippen molar-refractivity contribution in [3.63, 3.8) is 0 Å². The van der Waals surface area contributed by atoms with Gasteiger partial charge in [0.15, 0.2) is 0 Å². The highest BCUT2D eigenvalue weighted by atomic mass is 16.6. The summed E-state index contributed by atoms with van der Waals surface area (Å²) in [5.41, 5.74) is -1.25. The Morgan fingerprint density at radius 3 is 2.04 bits per heavy atom. The van der Waals surface area contributed by atoms with E-state index in [9.17, 15) is 14.4 Å². The van der Waals surface area contributed by atoms with Crippen LogP contribution in [0.5, 0.6) is 0 Å². The van der Waals surface area contributed by atoms with Crippen LogP contribution in [0.3, 0.4) is 0 Å². The molecule has 1 amide bonds. The van der Waals surface area contributed by atoms with Gasteiger partial charge in [0, 0.05) is 6.42 Å². The molecule has 152 valence electrons. The van der Waals surface area contributed by atoms with Crippen LogP contribution in [-0.4, -0.2) is 41.4 Å². The molecule has 0 rings (SSSR count). The second-order valence-electron chi connectivity index (χ2n) is 8.21. The molecular formula is C19H35NO6. The number of hydrogen-bond donors (Lipinski definition) is 1. The van der Waals surface area contributed by atoms with Gasteiger partial charge in [-0.15, -0.1) is 0 Å². The lowest BCUT2D eigenvalue weighted by atomic mass is 10.0. The van der Waals surface area contributed by atoms with E-state index in [2.05, 4.69) is 5.32 Å². The quantitative estimate of drug-likeness (QED) is 0.489. The van der Waals surface area contributed by atoms with Crippen LogP contribution in [0.4, 0.5) is 4.79 Å². The van der Waals surface area contributed by atoms with Crippen molar-refractivity contribution in [3.05, 3.63) is 0 Å². The maximum atomic E-state index is 12.2. The number of rotatable bonds is 9. The fraction of sp³-hybridized carbons (Fsp3) is 0.842. The lowest BCUT2D eigenvalue weighted by Crippen LogP contribution is -2.45. The van der Waals surface area contributed by atoms with Crippen molar-refractivity contribution in [2.45, 2.75) is 104 Å². The molecule has 7 heteroatoms. The van der Waals surface area contributed by atoms with E-state index >= 15 is 0 Å². The monoisotopic (exact) mass is 373 g/mol. The molecule has 0 saturated heterocycles. The van der Waals surface area contributed by atoms with Crippen LogP contribution in [0.2, 0.25) is 0 Å². The van der Waals surface area contributed by atoms with Crippen LogP contribution < -0.4 is 5.32 Å². The van der Waals surface area contributed by atoms with Gasteiger partial charge in [0.25, 0.3) is 0 Å². The summed E-state index contributed by atoms with van der Waals surface area (Å²) in [5.74, 6) is -1.02. The SMILES string of the molecule is CCCC(C)(C)OC(=O)CCC(NC(=O)OC(C)(C)C)C(=O)OC(C)C. The molecule has 1 atom stereocenters. The van der Waals surface area contributed by atoms with Crippen molar-refractivity contribution in [1.29, 1.82) is 0 Å². The van der Waals surface area contributed by atoms with Gasteiger partial charge in [-0.25, -0.2) is 9.59 Å². The van der Waals surface area contributed by atoms with Crippen molar-refractivity contribution in [2.75, 3.05) is 0 Å². The highest BCUT2D eigenvalue weighted by molar-refractivity contribution is 5.82. The third-order valence-electron chi connectivity index (χ3n) is 3.21. The molecule has 0 saturated carbocycles. The summed E-state index contributed by atoms with van der Waals surface area (Å²) in [6.45, 7) is 14.3. The predicted molar refractivity (Wildman–Crippen MR) is 98.7 cm³/mol. The van der Waals surface area contributed by atoms with E-state index in [1.165, 1.54) is 0 Å². The maximum absolute atomic E-state index is 12.2. The van der Waals surface area contributed by atoms with E-state index in [1.807, 2.05) is 20.8 Å². The Bertz CT molecular complexity index is 479. The molecular weight excluding hydrogens is 338 g/mol. The summed E-state index contributed by atoms with van der Waals surface area (Å²) in [4.78, 5) is 36.3. The maximum Gasteiger partial charge on any atom is 0.408 e.